The van der Waals surface area contributed by atoms with Crippen LogP contribution in [0.15, 0.2) is 4.99 Å². The second-order valence-corrected chi connectivity index (χ2v) is 7.74. The number of hydrogen-bond donors (Lipinski definition) is 2. The van der Waals surface area contributed by atoms with Gasteiger partial charge in [0.25, 0.3) is 0 Å². The number of aromatic nitrogens is 3. The van der Waals surface area contributed by atoms with Gasteiger partial charge >= 0.3 is 0 Å². The van der Waals surface area contributed by atoms with Crippen LogP contribution in [0.25, 0.3) is 0 Å². The Morgan fingerprint density at radius 3 is 2.69 bits per heavy atom. The van der Waals surface area contributed by atoms with E-state index >= 15 is 0 Å². The summed E-state index contributed by atoms with van der Waals surface area (Å²) in [5, 5.41) is 15.8. The first-order valence-corrected chi connectivity index (χ1v) is 10.4. The maximum atomic E-state index is 4.80. The lowest BCUT2D eigenvalue weighted by Crippen LogP contribution is -2.49. The summed E-state index contributed by atoms with van der Waals surface area (Å²) in [6.07, 6.45) is 7.11. The van der Waals surface area contributed by atoms with Gasteiger partial charge in [0, 0.05) is 44.7 Å². The number of rotatable bonds is 5. The molecule has 0 aromatic carbocycles. The van der Waals surface area contributed by atoms with Gasteiger partial charge in [-0.05, 0) is 46.5 Å². The van der Waals surface area contributed by atoms with Crippen molar-refractivity contribution in [3.8, 4) is 0 Å². The van der Waals surface area contributed by atoms with Crippen molar-refractivity contribution >= 4 is 5.96 Å². The molecule has 3 heterocycles. The fraction of sp³-hybridized carbons (Fsp3) is 0.842. The minimum absolute atomic E-state index is 0.498. The third-order valence-corrected chi connectivity index (χ3v) is 5.51. The summed E-state index contributed by atoms with van der Waals surface area (Å²) in [5.41, 5.74) is 0. The summed E-state index contributed by atoms with van der Waals surface area (Å²) in [6.45, 7) is 11.5. The molecule has 0 unspecified atom stereocenters. The molecule has 1 aromatic rings. The number of hydrogen-bond acceptors (Lipinski definition) is 4. The molecule has 0 bridgehead atoms. The summed E-state index contributed by atoms with van der Waals surface area (Å²) in [6, 6.07) is 1.14. The predicted molar refractivity (Wildman–Crippen MR) is 105 cm³/mol. The van der Waals surface area contributed by atoms with Gasteiger partial charge in [0.2, 0.25) is 0 Å². The Morgan fingerprint density at radius 1 is 1.15 bits per heavy atom. The minimum Gasteiger partial charge on any atom is -0.357 e. The quantitative estimate of drug-likeness (QED) is 0.619. The van der Waals surface area contributed by atoms with Crippen LogP contribution < -0.4 is 10.6 Å². The van der Waals surface area contributed by atoms with E-state index in [2.05, 4.69) is 51.1 Å². The Labute approximate surface area is 157 Å². The zero-order chi connectivity index (χ0) is 18.4. The van der Waals surface area contributed by atoms with Crippen molar-refractivity contribution in [1.29, 1.82) is 0 Å². The van der Waals surface area contributed by atoms with E-state index in [0.717, 1.165) is 50.2 Å². The van der Waals surface area contributed by atoms with Gasteiger partial charge in [-0.15, -0.1) is 10.2 Å². The van der Waals surface area contributed by atoms with Gasteiger partial charge in [-0.3, -0.25) is 0 Å². The summed E-state index contributed by atoms with van der Waals surface area (Å²) in [5.74, 6) is 3.03. The molecule has 7 nitrogen and oxygen atoms in total. The number of fused-ring (bicyclic) bond motifs is 1. The first-order valence-electron chi connectivity index (χ1n) is 10.4. The van der Waals surface area contributed by atoms with Gasteiger partial charge in [0.15, 0.2) is 11.8 Å². The Kier molecular flexibility index (Phi) is 6.88. The number of piperidine rings is 1. The summed E-state index contributed by atoms with van der Waals surface area (Å²) in [4.78, 5) is 7.35. The fourth-order valence-corrected chi connectivity index (χ4v) is 3.89. The van der Waals surface area contributed by atoms with E-state index in [1.165, 1.54) is 32.1 Å². The van der Waals surface area contributed by atoms with E-state index in [1.54, 1.807) is 0 Å². The third-order valence-electron chi connectivity index (χ3n) is 5.51. The van der Waals surface area contributed by atoms with Crippen LogP contribution in [0.5, 0.6) is 0 Å². The van der Waals surface area contributed by atoms with E-state index < -0.39 is 0 Å². The van der Waals surface area contributed by atoms with Crippen molar-refractivity contribution in [1.82, 2.24) is 30.3 Å². The highest BCUT2D eigenvalue weighted by molar-refractivity contribution is 5.80. The molecule has 146 valence electrons. The molecule has 1 aromatic heterocycles. The second kappa shape index (κ2) is 9.35. The zero-order valence-electron chi connectivity index (χ0n) is 16.7. The molecule has 0 radical (unpaired) electrons. The van der Waals surface area contributed by atoms with Crippen molar-refractivity contribution in [2.75, 3.05) is 19.6 Å². The van der Waals surface area contributed by atoms with Crippen LogP contribution >= 0.6 is 0 Å². The van der Waals surface area contributed by atoms with Crippen LogP contribution in [0.4, 0.5) is 0 Å². The first kappa shape index (κ1) is 19.1. The van der Waals surface area contributed by atoms with Crippen LogP contribution in [0, 0.1) is 0 Å². The van der Waals surface area contributed by atoms with Crippen LogP contribution in [0.2, 0.25) is 0 Å². The molecule has 7 heteroatoms. The van der Waals surface area contributed by atoms with Crippen LogP contribution in [-0.2, 0) is 19.5 Å². The van der Waals surface area contributed by atoms with Gasteiger partial charge < -0.3 is 20.1 Å². The number of nitrogens with one attached hydrogen (secondary N) is 2. The molecule has 2 N–H and O–H groups in total. The molecule has 0 atom stereocenters. The van der Waals surface area contributed by atoms with Gasteiger partial charge in [0.05, 0.1) is 0 Å². The topological polar surface area (TPSA) is 70.4 Å². The van der Waals surface area contributed by atoms with Crippen molar-refractivity contribution in [3.05, 3.63) is 11.6 Å². The van der Waals surface area contributed by atoms with Crippen molar-refractivity contribution in [2.45, 2.75) is 84.5 Å². The highest BCUT2D eigenvalue weighted by atomic mass is 15.3. The monoisotopic (exact) mass is 361 g/mol. The lowest BCUT2D eigenvalue weighted by Gasteiger charge is -2.35. The number of aliphatic imine (C=N–C) groups is 1. The van der Waals surface area contributed by atoms with E-state index in [9.17, 15) is 0 Å². The van der Waals surface area contributed by atoms with Crippen molar-refractivity contribution < 1.29 is 0 Å². The van der Waals surface area contributed by atoms with E-state index in [0.29, 0.717) is 18.6 Å². The number of guanidine groups is 1. The van der Waals surface area contributed by atoms with Gasteiger partial charge in [-0.25, -0.2) is 4.99 Å². The number of aryl methyl sites for hydroxylation is 1. The molecule has 0 saturated carbocycles. The molecule has 1 fully saturated rings. The second-order valence-electron chi connectivity index (χ2n) is 7.74. The molecule has 0 aliphatic carbocycles. The average molecular weight is 362 g/mol. The lowest BCUT2D eigenvalue weighted by molar-refractivity contribution is 0.167. The van der Waals surface area contributed by atoms with Crippen molar-refractivity contribution in [3.63, 3.8) is 0 Å². The maximum absolute atomic E-state index is 4.80. The predicted octanol–water partition coefficient (Wildman–Crippen LogP) is 1.93. The molecule has 2 aliphatic heterocycles. The Bertz CT molecular complexity index is 585. The van der Waals surface area contributed by atoms with Gasteiger partial charge in [-0.2, -0.15) is 0 Å². The van der Waals surface area contributed by atoms with Crippen molar-refractivity contribution in [2.24, 2.45) is 4.99 Å². The Hall–Kier alpha value is -1.63. The standard InChI is InChI=1S/C19H35N7/c1-4-20-19(22-16-9-12-25(13-10-16)15(2)3)21-14-18-24-23-17-8-6-5-7-11-26(17)18/h15-16H,4-14H2,1-3H3,(H2,20,21,22). The molecular weight excluding hydrogens is 326 g/mol. The molecule has 0 amide bonds. The van der Waals surface area contributed by atoms with E-state index in [-0.39, 0.29) is 0 Å². The highest BCUT2D eigenvalue weighted by Gasteiger charge is 2.21. The number of likely N-dealkylation sites (tertiary alicyclic amines) is 1. The van der Waals surface area contributed by atoms with E-state index in [4.69, 9.17) is 4.99 Å². The summed E-state index contributed by atoms with van der Waals surface area (Å²) in [7, 11) is 0. The van der Waals surface area contributed by atoms with Gasteiger partial charge in [-0.1, -0.05) is 6.42 Å². The van der Waals surface area contributed by atoms with Gasteiger partial charge in [0.1, 0.15) is 12.4 Å². The number of nitrogens with zero attached hydrogens (tertiary/aromatic N) is 5. The van der Waals surface area contributed by atoms with Crippen LogP contribution in [0.1, 0.15) is 64.5 Å². The summed E-state index contributed by atoms with van der Waals surface area (Å²) >= 11 is 0. The molecule has 3 rings (SSSR count). The largest absolute Gasteiger partial charge is 0.357 e. The molecule has 26 heavy (non-hydrogen) atoms. The highest BCUT2D eigenvalue weighted by Crippen LogP contribution is 2.15. The molecule has 1 saturated heterocycles. The van der Waals surface area contributed by atoms with E-state index in [1.807, 2.05) is 0 Å². The minimum atomic E-state index is 0.498. The lowest BCUT2D eigenvalue weighted by atomic mass is 10.0. The smallest absolute Gasteiger partial charge is 0.191 e. The zero-order valence-corrected chi connectivity index (χ0v) is 16.7. The van der Waals surface area contributed by atoms with Crippen LogP contribution in [-0.4, -0.2) is 57.3 Å². The summed E-state index contributed by atoms with van der Waals surface area (Å²) < 4.78 is 2.28. The normalized spacial score (nSPS) is 20.1. The van der Waals surface area contributed by atoms with Crippen LogP contribution in [0.3, 0.4) is 0 Å². The Balaban J connectivity index is 1.59. The average Bonchev–Trinajstić information content (AvgIpc) is 2.86. The fourth-order valence-electron chi connectivity index (χ4n) is 3.89. The maximum Gasteiger partial charge on any atom is 0.191 e. The molecule has 0 spiro atoms. The molecule has 2 aliphatic rings. The SMILES string of the molecule is CCNC(=NCc1nnc2n1CCCCC2)NC1CCN(C(C)C)CC1. The first-order chi connectivity index (χ1) is 12.7. The third kappa shape index (κ3) is 4.96. The Morgan fingerprint density at radius 2 is 1.96 bits per heavy atom. The molecular formula is C19H35N7.